The fourth-order valence-corrected chi connectivity index (χ4v) is 4.82. The Labute approximate surface area is 160 Å². The van der Waals surface area contributed by atoms with Crippen LogP contribution in [0.1, 0.15) is 23.9 Å². The molecular weight excluding hydrogens is 362 g/mol. The van der Waals surface area contributed by atoms with E-state index in [0.717, 1.165) is 35.6 Å². The molecular formula is C20H19N3O3S. The number of aromatic nitrogens is 1. The number of amides is 1. The minimum absolute atomic E-state index is 0.0260. The van der Waals surface area contributed by atoms with Gasteiger partial charge in [0, 0.05) is 11.8 Å². The Bertz CT molecular complexity index is 970. The van der Waals surface area contributed by atoms with Crippen LogP contribution in [-0.4, -0.2) is 35.7 Å². The van der Waals surface area contributed by atoms with Crippen LogP contribution in [0.4, 0.5) is 5.69 Å². The summed E-state index contributed by atoms with van der Waals surface area (Å²) in [4.78, 5) is 19.6. The van der Waals surface area contributed by atoms with Crippen molar-refractivity contribution < 1.29 is 14.3 Å². The van der Waals surface area contributed by atoms with E-state index in [1.807, 2.05) is 30.3 Å². The Hall–Kier alpha value is -2.64. The van der Waals surface area contributed by atoms with Crippen molar-refractivity contribution in [3.63, 3.8) is 0 Å². The van der Waals surface area contributed by atoms with Gasteiger partial charge in [-0.05, 0) is 43.7 Å². The average Bonchev–Trinajstić information content (AvgIpc) is 3.39. The average molecular weight is 381 g/mol. The van der Waals surface area contributed by atoms with Crippen LogP contribution >= 0.6 is 11.3 Å². The van der Waals surface area contributed by atoms with Crippen LogP contribution in [0.15, 0.2) is 42.5 Å². The number of para-hydroxylation sites is 1. The van der Waals surface area contributed by atoms with Crippen LogP contribution in [0.5, 0.6) is 11.5 Å². The third-order valence-corrected chi connectivity index (χ3v) is 6.10. The molecule has 138 valence electrons. The minimum atomic E-state index is -0.0260. The van der Waals surface area contributed by atoms with E-state index < -0.39 is 0 Å². The highest BCUT2D eigenvalue weighted by Gasteiger charge is 2.30. The Morgan fingerprint density at radius 3 is 3.04 bits per heavy atom. The Kier molecular flexibility index (Phi) is 4.18. The largest absolute Gasteiger partial charge is 0.454 e. The summed E-state index contributed by atoms with van der Waals surface area (Å²) < 4.78 is 11.9. The summed E-state index contributed by atoms with van der Waals surface area (Å²) >= 11 is 1.73. The highest BCUT2D eigenvalue weighted by atomic mass is 32.1. The second-order valence-corrected chi connectivity index (χ2v) is 7.83. The van der Waals surface area contributed by atoms with E-state index in [2.05, 4.69) is 16.3 Å². The topological polar surface area (TPSA) is 63.7 Å². The SMILES string of the molecule is O=C(CN1CCCC1c1nc2ccccc2s1)Nc1ccc2c(c1)OCO2. The second-order valence-electron chi connectivity index (χ2n) is 6.76. The van der Waals surface area contributed by atoms with Gasteiger partial charge in [0.1, 0.15) is 5.01 Å². The van der Waals surface area contributed by atoms with Gasteiger partial charge in [-0.15, -0.1) is 11.3 Å². The normalized spacial score (nSPS) is 18.9. The number of ether oxygens (including phenoxy) is 2. The van der Waals surface area contributed by atoms with E-state index in [4.69, 9.17) is 14.5 Å². The van der Waals surface area contributed by atoms with Gasteiger partial charge in [0.2, 0.25) is 12.7 Å². The summed E-state index contributed by atoms with van der Waals surface area (Å²) in [6.45, 7) is 1.49. The first-order valence-electron chi connectivity index (χ1n) is 9.05. The zero-order valence-corrected chi connectivity index (χ0v) is 15.5. The molecule has 6 nitrogen and oxygen atoms in total. The van der Waals surface area contributed by atoms with Gasteiger partial charge in [0.05, 0.1) is 22.8 Å². The third-order valence-electron chi connectivity index (χ3n) is 4.96. The number of carbonyl (C=O) groups excluding carboxylic acids is 1. The van der Waals surface area contributed by atoms with Gasteiger partial charge in [-0.25, -0.2) is 4.98 Å². The van der Waals surface area contributed by atoms with Gasteiger partial charge in [0.25, 0.3) is 0 Å². The fourth-order valence-electron chi connectivity index (χ4n) is 3.69. The summed E-state index contributed by atoms with van der Waals surface area (Å²) in [5.41, 5.74) is 1.76. The predicted octanol–water partition coefficient (Wildman–Crippen LogP) is 3.80. The van der Waals surface area contributed by atoms with E-state index in [-0.39, 0.29) is 18.7 Å². The molecule has 0 radical (unpaired) electrons. The van der Waals surface area contributed by atoms with Crippen molar-refractivity contribution in [3.8, 4) is 11.5 Å². The first kappa shape index (κ1) is 16.5. The zero-order valence-electron chi connectivity index (χ0n) is 14.7. The summed E-state index contributed by atoms with van der Waals surface area (Å²) in [6, 6.07) is 13.9. The number of anilines is 1. The summed E-state index contributed by atoms with van der Waals surface area (Å²) in [7, 11) is 0. The van der Waals surface area contributed by atoms with Crippen molar-refractivity contribution >= 4 is 33.1 Å². The van der Waals surface area contributed by atoms with E-state index in [1.165, 1.54) is 4.70 Å². The number of thiazole rings is 1. The molecule has 5 rings (SSSR count). The molecule has 1 aromatic heterocycles. The summed E-state index contributed by atoms with van der Waals surface area (Å²) in [5, 5.41) is 4.07. The van der Waals surface area contributed by atoms with E-state index in [0.29, 0.717) is 18.0 Å². The number of rotatable bonds is 4. The standard InChI is InChI=1S/C20H19N3O3S/c24-19(21-13-7-8-16-17(10-13)26-12-25-16)11-23-9-3-5-15(23)20-22-14-4-1-2-6-18(14)27-20/h1-2,4,6-8,10,15H,3,5,9,11-12H2,(H,21,24). The van der Waals surface area contributed by atoms with Crippen LogP contribution in [0.3, 0.4) is 0 Å². The molecule has 0 saturated carbocycles. The van der Waals surface area contributed by atoms with Gasteiger partial charge in [-0.1, -0.05) is 12.1 Å². The molecule has 1 amide bonds. The number of hydrogen-bond acceptors (Lipinski definition) is 6. The Balaban J connectivity index is 1.28. The molecule has 2 aromatic carbocycles. The lowest BCUT2D eigenvalue weighted by molar-refractivity contribution is -0.117. The Morgan fingerprint density at radius 1 is 1.22 bits per heavy atom. The third kappa shape index (κ3) is 3.24. The van der Waals surface area contributed by atoms with Gasteiger partial charge in [0.15, 0.2) is 11.5 Å². The molecule has 27 heavy (non-hydrogen) atoms. The fraction of sp³-hybridized carbons (Fsp3) is 0.300. The van der Waals surface area contributed by atoms with E-state index >= 15 is 0 Å². The first-order valence-corrected chi connectivity index (χ1v) is 9.87. The molecule has 7 heteroatoms. The molecule has 3 aromatic rings. The molecule has 3 heterocycles. The molecule has 0 aliphatic carbocycles. The number of nitrogens with zero attached hydrogens (tertiary/aromatic N) is 2. The summed E-state index contributed by atoms with van der Waals surface area (Å²) in [5.74, 6) is 1.35. The van der Waals surface area contributed by atoms with Crippen molar-refractivity contribution in [2.75, 3.05) is 25.2 Å². The maximum atomic E-state index is 12.6. The highest BCUT2D eigenvalue weighted by molar-refractivity contribution is 7.18. The number of hydrogen-bond donors (Lipinski definition) is 1. The van der Waals surface area contributed by atoms with Crippen LogP contribution in [0.2, 0.25) is 0 Å². The predicted molar refractivity (Wildman–Crippen MR) is 104 cm³/mol. The number of carbonyl (C=O) groups is 1. The van der Waals surface area contributed by atoms with E-state index in [1.54, 1.807) is 17.4 Å². The molecule has 1 unspecified atom stereocenters. The molecule has 2 aliphatic rings. The molecule has 1 atom stereocenters. The van der Waals surface area contributed by atoms with Crippen molar-refractivity contribution in [2.24, 2.45) is 0 Å². The quantitative estimate of drug-likeness (QED) is 0.745. The zero-order chi connectivity index (χ0) is 18.2. The molecule has 1 fully saturated rings. The minimum Gasteiger partial charge on any atom is -0.454 e. The lowest BCUT2D eigenvalue weighted by Crippen LogP contribution is -2.32. The molecule has 0 bridgehead atoms. The smallest absolute Gasteiger partial charge is 0.238 e. The van der Waals surface area contributed by atoms with Crippen molar-refractivity contribution in [1.29, 1.82) is 0 Å². The van der Waals surface area contributed by atoms with Crippen LogP contribution in [-0.2, 0) is 4.79 Å². The van der Waals surface area contributed by atoms with Crippen LogP contribution in [0, 0.1) is 0 Å². The number of fused-ring (bicyclic) bond motifs is 2. The first-order chi connectivity index (χ1) is 13.3. The maximum Gasteiger partial charge on any atom is 0.238 e. The van der Waals surface area contributed by atoms with Crippen molar-refractivity contribution in [3.05, 3.63) is 47.5 Å². The van der Waals surface area contributed by atoms with Crippen molar-refractivity contribution in [2.45, 2.75) is 18.9 Å². The highest BCUT2D eigenvalue weighted by Crippen LogP contribution is 2.37. The number of benzene rings is 2. The number of nitrogens with one attached hydrogen (secondary N) is 1. The van der Waals surface area contributed by atoms with Gasteiger partial charge < -0.3 is 14.8 Å². The second kappa shape index (κ2) is 6.83. The summed E-state index contributed by atoms with van der Waals surface area (Å²) in [6.07, 6.45) is 2.12. The molecule has 0 spiro atoms. The van der Waals surface area contributed by atoms with Gasteiger partial charge in [-0.3, -0.25) is 9.69 Å². The monoisotopic (exact) mass is 381 g/mol. The van der Waals surface area contributed by atoms with Gasteiger partial charge >= 0.3 is 0 Å². The maximum absolute atomic E-state index is 12.6. The van der Waals surface area contributed by atoms with Gasteiger partial charge in [-0.2, -0.15) is 0 Å². The molecule has 1 saturated heterocycles. The lowest BCUT2D eigenvalue weighted by atomic mass is 10.2. The molecule has 1 N–H and O–H groups in total. The lowest BCUT2D eigenvalue weighted by Gasteiger charge is -2.22. The number of likely N-dealkylation sites (tertiary alicyclic amines) is 1. The van der Waals surface area contributed by atoms with E-state index in [9.17, 15) is 4.79 Å². The van der Waals surface area contributed by atoms with Crippen LogP contribution < -0.4 is 14.8 Å². The Morgan fingerprint density at radius 2 is 2.11 bits per heavy atom. The van der Waals surface area contributed by atoms with Crippen molar-refractivity contribution in [1.82, 2.24) is 9.88 Å². The molecule has 2 aliphatic heterocycles. The van der Waals surface area contributed by atoms with Crippen LogP contribution in [0.25, 0.3) is 10.2 Å².